The SMILES string of the molecule is CCc1ccc(C(CC)Nc2ccc(Br)c(C)c2)cc1. The maximum Gasteiger partial charge on any atom is 0.0511 e. The van der Waals surface area contributed by atoms with Crippen molar-refractivity contribution >= 4 is 21.6 Å². The molecule has 2 aromatic carbocycles. The Kier molecular flexibility index (Phi) is 5.24. The summed E-state index contributed by atoms with van der Waals surface area (Å²) in [6.45, 7) is 6.53. The largest absolute Gasteiger partial charge is 0.378 e. The summed E-state index contributed by atoms with van der Waals surface area (Å²) in [7, 11) is 0. The second-order valence-electron chi connectivity index (χ2n) is 5.16. The molecule has 0 heterocycles. The minimum absolute atomic E-state index is 0.362. The average Bonchev–Trinajstić information content (AvgIpc) is 2.48. The van der Waals surface area contributed by atoms with Gasteiger partial charge in [-0.1, -0.05) is 54.0 Å². The van der Waals surface area contributed by atoms with E-state index in [-0.39, 0.29) is 0 Å². The Bertz CT molecular complexity index is 560. The summed E-state index contributed by atoms with van der Waals surface area (Å²) in [5.74, 6) is 0. The van der Waals surface area contributed by atoms with E-state index in [1.807, 2.05) is 0 Å². The van der Waals surface area contributed by atoms with Crippen molar-refractivity contribution in [3.63, 3.8) is 0 Å². The van der Waals surface area contributed by atoms with Crippen LogP contribution in [0.2, 0.25) is 0 Å². The van der Waals surface area contributed by atoms with Crippen LogP contribution in [0.15, 0.2) is 46.9 Å². The first-order chi connectivity index (χ1) is 9.63. The fourth-order valence-corrected chi connectivity index (χ4v) is 2.59. The zero-order valence-electron chi connectivity index (χ0n) is 12.4. The van der Waals surface area contributed by atoms with Crippen LogP contribution in [0.4, 0.5) is 5.69 Å². The van der Waals surface area contributed by atoms with Crippen LogP contribution in [0.5, 0.6) is 0 Å². The third-order valence-electron chi connectivity index (χ3n) is 3.70. The van der Waals surface area contributed by atoms with Crippen LogP contribution in [-0.4, -0.2) is 0 Å². The Morgan fingerprint density at radius 1 is 1.05 bits per heavy atom. The number of aryl methyl sites for hydroxylation is 2. The molecule has 20 heavy (non-hydrogen) atoms. The fraction of sp³-hybridized carbons (Fsp3) is 0.333. The Hall–Kier alpha value is -1.28. The van der Waals surface area contributed by atoms with E-state index in [1.54, 1.807) is 0 Å². The molecule has 0 radical (unpaired) electrons. The van der Waals surface area contributed by atoms with Gasteiger partial charge in [0.15, 0.2) is 0 Å². The van der Waals surface area contributed by atoms with E-state index < -0.39 is 0 Å². The monoisotopic (exact) mass is 331 g/mol. The highest BCUT2D eigenvalue weighted by molar-refractivity contribution is 9.10. The van der Waals surface area contributed by atoms with Crippen molar-refractivity contribution in [1.82, 2.24) is 0 Å². The van der Waals surface area contributed by atoms with Crippen LogP contribution >= 0.6 is 15.9 Å². The highest BCUT2D eigenvalue weighted by Gasteiger charge is 2.09. The molecule has 1 nitrogen and oxygen atoms in total. The summed E-state index contributed by atoms with van der Waals surface area (Å²) >= 11 is 3.55. The van der Waals surface area contributed by atoms with Gasteiger partial charge in [0.25, 0.3) is 0 Å². The topological polar surface area (TPSA) is 12.0 Å². The molecule has 0 aromatic heterocycles. The van der Waals surface area contributed by atoms with Gasteiger partial charge in [-0.2, -0.15) is 0 Å². The average molecular weight is 332 g/mol. The quantitative estimate of drug-likeness (QED) is 0.720. The molecule has 2 heteroatoms. The van der Waals surface area contributed by atoms with Crippen molar-refractivity contribution in [2.75, 3.05) is 5.32 Å². The number of rotatable bonds is 5. The molecular weight excluding hydrogens is 310 g/mol. The number of benzene rings is 2. The smallest absolute Gasteiger partial charge is 0.0511 e. The van der Waals surface area contributed by atoms with Crippen LogP contribution in [0.3, 0.4) is 0 Å². The molecule has 0 aliphatic heterocycles. The molecule has 0 amide bonds. The van der Waals surface area contributed by atoms with Gasteiger partial charge in [0.05, 0.1) is 6.04 Å². The maximum absolute atomic E-state index is 3.63. The third-order valence-corrected chi connectivity index (χ3v) is 4.59. The molecule has 0 fully saturated rings. The zero-order chi connectivity index (χ0) is 14.5. The Morgan fingerprint density at radius 3 is 2.30 bits per heavy atom. The minimum Gasteiger partial charge on any atom is -0.378 e. The van der Waals surface area contributed by atoms with Gasteiger partial charge in [0.2, 0.25) is 0 Å². The van der Waals surface area contributed by atoms with Crippen LogP contribution in [0.25, 0.3) is 0 Å². The molecule has 0 aliphatic carbocycles. The van der Waals surface area contributed by atoms with Gasteiger partial charge in [-0.15, -0.1) is 0 Å². The molecule has 1 N–H and O–H groups in total. The van der Waals surface area contributed by atoms with Crippen molar-refractivity contribution < 1.29 is 0 Å². The van der Waals surface area contributed by atoms with Crippen LogP contribution in [0, 0.1) is 6.92 Å². The molecule has 0 saturated heterocycles. The second-order valence-corrected chi connectivity index (χ2v) is 6.02. The Balaban J connectivity index is 2.16. The van der Waals surface area contributed by atoms with Crippen molar-refractivity contribution in [3.8, 4) is 0 Å². The molecule has 0 spiro atoms. The lowest BCUT2D eigenvalue weighted by molar-refractivity contribution is 0.748. The van der Waals surface area contributed by atoms with Gasteiger partial charge in [-0.3, -0.25) is 0 Å². The third kappa shape index (κ3) is 3.63. The van der Waals surface area contributed by atoms with E-state index in [9.17, 15) is 0 Å². The van der Waals surface area contributed by atoms with E-state index in [4.69, 9.17) is 0 Å². The first-order valence-corrected chi connectivity index (χ1v) is 8.04. The minimum atomic E-state index is 0.362. The lowest BCUT2D eigenvalue weighted by atomic mass is 10.0. The van der Waals surface area contributed by atoms with Crippen molar-refractivity contribution in [1.29, 1.82) is 0 Å². The summed E-state index contributed by atoms with van der Waals surface area (Å²) in [4.78, 5) is 0. The van der Waals surface area contributed by atoms with E-state index in [0.717, 1.165) is 17.3 Å². The molecule has 0 aliphatic rings. The standard InChI is InChI=1S/C18H22BrN/c1-4-14-6-8-15(9-7-14)18(5-2)20-16-10-11-17(19)13(3)12-16/h6-12,18,20H,4-5H2,1-3H3. The first kappa shape index (κ1) is 15.1. The van der Waals surface area contributed by atoms with Crippen LogP contribution in [-0.2, 0) is 6.42 Å². The lowest BCUT2D eigenvalue weighted by Crippen LogP contribution is -2.09. The van der Waals surface area contributed by atoms with E-state index >= 15 is 0 Å². The maximum atomic E-state index is 3.63. The number of hydrogen-bond acceptors (Lipinski definition) is 1. The van der Waals surface area contributed by atoms with Crippen LogP contribution < -0.4 is 5.32 Å². The summed E-state index contributed by atoms with van der Waals surface area (Å²) in [5, 5.41) is 3.63. The molecule has 106 valence electrons. The van der Waals surface area contributed by atoms with E-state index in [0.29, 0.717) is 6.04 Å². The lowest BCUT2D eigenvalue weighted by Gasteiger charge is -2.19. The molecule has 0 bridgehead atoms. The molecule has 2 aromatic rings. The Labute approximate surface area is 130 Å². The van der Waals surface area contributed by atoms with Gasteiger partial charge in [0, 0.05) is 10.2 Å². The van der Waals surface area contributed by atoms with Crippen molar-refractivity contribution in [2.24, 2.45) is 0 Å². The first-order valence-electron chi connectivity index (χ1n) is 7.25. The number of halogens is 1. The summed E-state index contributed by atoms with van der Waals surface area (Å²) in [6, 6.07) is 15.7. The normalized spacial score (nSPS) is 12.2. The fourth-order valence-electron chi connectivity index (χ4n) is 2.34. The molecule has 1 atom stereocenters. The highest BCUT2D eigenvalue weighted by atomic mass is 79.9. The summed E-state index contributed by atoms with van der Waals surface area (Å²) in [6.07, 6.45) is 2.16. The van der Waals surface area contributed by atoms with Gasteiger partial charge >= 0.3 is 0 Å². The second kappa shape index (κ2) is 6.94. The number of nitrogens with one attached hydrogen (secondary N) is 1. The van der Waals surface area contributed by atoms with Crippen molar-refractivity contribution in [2.45, 2.75) is 39.7 Å². The zero-order valence-corrected chi connectivity index (χ0v) is 14.0. The predicted octanol–water partition coefficient (Wildman–Crippen LogP) is 5.88. The van der Waals surface area contributed by atoms with Gasteiger partial charge < -0.3 is 5.32 Å². The molecule has 1 unspecified atom stereocenters. The van der Waals surface area contributed by atoms with Crippen molar-refractivity contribution in [3.05, 3.63) is 63.6 Å². The van der Waals surface area contributed by atoms with Gasteiger partial charge in [-0.25, -0.2) is 0 Å². The number of hydrogen-bond donors (Lipinski definition) is 1. The molecule has 2 rings (SSSR count). The van der Waals surface area contributed by atoms with Gasteiger partial charge in [0.1, 0.15) is 0 Å². The summed E-state index contributed by atoms with van der Waals surface area (Å²) in [5.41, 5.74) is 5.18. The van der Waals surface area contributed by atoms with E-state index in [2.05, 4.69) is 84.5 Å². The molecular formula is C18H22BrN. The van der Waals surface area contributed by atoms with E-state index in [1.165, 1.54) is 22.4 Å². The van der Waals surface area contributed by atoms with Crippen LogP contribution in [0.1, 0.15) is 43.0 Å². The predicted molar refractivity (Wildman–Crippen MR) is 91.4 cm³/mol. The summed E-state index contributed by atoms with van der Waals surface area (Å²) < 4.78 is 1.16. The Morgan fingerprint density at radius 2 is 1.75 bits per heavy atom. The van der Waals surface area contributed by atoms with Gasteiger partial charge in [-0.05, 0) is 54.7 Å². The molecule has 0 saturated carbocycles. The number of anilines is 1. The highest BCUT2D eigenvalue weighted by Crippen LogP contribution is 2.26.